The fraction of sp³-hybridized carbons (Fsp3) is 0.192. The predicted molar refractivity (Wildman–Crippen MR) is 126 cm³/mol. The molecule has 0 saturated heterocycles. The largest absolute Gasteiger partial charge is 0.375 e. The molecule has 1 amide bonds. The first-order valence-corrected chi connectivity index (χ1v) is 11.4. The van der Waals surface area contributed by atoms with E-state index < -0.39 is 11.5 Å². The molecule has 2 heterocycles. The van der Waals surface area contributed by atoms with Crippen molar-refractivity contribution in [2.24, 2.45) is 0 Å². The van der Waals surface area contributed by atoms with Crippen molar-refractivity contribution in [3.05, 3.63) is 93.9 Å². The topological polar surface area (TPSA) is 70.5 Å². The van der Waals surface area contributed by atoms with Gasteiger partial charge in [0.25, 0.3) is 5.91 Å². The van der Waals surface area contributed by atoms with Crippen LogP contribution in [-0.4, -0.2) is 28.3 Å². The third kappa shape index (κ3) is 3.32. The number of anilines is 1. The lowest BCUT2D eigenvalue weighted by molar-refractivity contribution is -0.135. The number of hydrogen-bond donors (Lipinski definition) is 1. The molecule has 1 aliphatic heterocycles. The molecule has 0 aliphatic carbocycles. The maximum absolute atomic E-state index is 13.5. The standard InChI is InChI=1S/C26H22N2O3S/c1-17-24(32-16-27-17)13-14-28-22-12-5-4-11-21(22)26(31,25(28)30)15-23(29)20-10-6-8-18-7-2-3-9-19(18)20/h2-12,16,31H,13-15H2,1H3/t26-/m0/s1. The van der Waals surface area contributed by atoms with Crippen LogP contribution in [0.25, 0.3) is 10.8 Å². The molecule has 0 saturated carbocycles. The zero-order valence-corrected chi connectivity index (χ0v) is 18.4. The minimum absolute atomic E-state index is 0.257. The monoisotopic (exact) mass is 442 g/mol. The number of aliphatic hydroxyl groups is 1. The number of benzene rings is 3. The van der Waals surface area contributed by atoms with Gasteiger partial charge in [0.15, 0.2) is 11.4 Å². The number of fused-ring (bicyclic) bond motifs is 2. The fourth-order valence-corrected chi connectivity index (χ4v) is 5.25. The first kappa shape index (κ1) is 20.5. The number of amides is 1. The summed E-state index contributed by atoms with van der Waals surface area (Å²) in [5.41, 5.74) is 2.53. The smallest absolute Gasteiger partial charge is 0.264 e. The summed E-state index contributed by atoms with van der Waals surface area (Å²) < 4.78 is 0. The van der Waals surface area contributed by atoms with Gasteiger partial charge in [0, 0.05) is 29.0 Å². The van der Waals surface area contributed by atoms with Gasteiger partial charge in [-0.25, -0.2) is 4.98 Å². The van der Waals surface area contributed by atoms with E-state index in [1.165, 1.54) is 0 Å². The quantitative estimate of drug-likeness (QED) is 0.441. The van der Waals surface area contributed by atoms with E-state index in [1.54, 1.807) is 39.9 Å². The molecule has 1 aromatic heterocycles. The van der Waals surface area contributed by atoms with Gasteiger partial charge in [-0.05, 0) is 23.8 Å². The second-order valence-corrected chi connectivity index (χ2v) is 9.01. The Morgan fingerprint density at radius 2 is 1.81 bits per heavy atom. The van der Waals surface area contributed by atoms with Crippen molar-refractivity contribution in [3.63, 3.8) is 0 Å². The summed E-state index contributed by atoms with van der Waals surface area (Å²) in [7, 11) is 0. The van der Waals surface area contributed by atoms with E-state index in [1.807, 2.05) is 55.5 Å². The number of carbonyl (C=O) groups excluding carboxylic acids is 2. The van der Waals surface area contributed by atoms with Crippen molar-refractivity contribution in [2.45, 2.75) is 25.4 Å². The van der Waals surface area contributed by atoms with Gasteiger partial charge in [0.05, 0.1) is 23.3 Å². The van der Waals surface area contributed by atoms with Gasteiger partial charge >= 0.3 is 0 Å². The van der Waals surface area contributed by atoms with Crippen LogP contribution in [0.15, 0.2) is 72.2 Å². The zero-order chi connectivity index (χ0) is 22.3. The maximum atomic E-state index is 13.5. The Balaban J connectivity index is 1.47. The second-order valence-electron chi connectivity index (χ2n) is 8.07. The highest BCUT2D eigenvalue weighted by Crippen LogP contribution is 2.43. The number of aromatic nitrogens is 1. The van der Waals surface area contributed by atoms with Gasteiger partial charge in [-0.15, -0.1) is 11.3 Å². The van der Waals surface area contributed by atoms with E-state index in [9.17, 15) is 14.7 Å². The molecule has 0 bridgehead atoms. The van der Waals surface area contributed by atoms with E-state index in [0.29, 0.717) is 29.8 Å². The van der Waals surface area contributed by atoms with Gasteiger partial charge in [0.1, 0.15) is 0 Å². The van der Waals surface area contributed by atoms with Crippen LogP contribution in [0.3, 0.4) is 0 Å². The van der Waals surface area contributed by atoms with Crippen LogP contribution in [0.2, 0.25) is 0 Å². The molecule has 0 unspecified atom stereocenters. The number of Topliss-reactive ketones (excluding diaryl/α,β-unsaturated/α-hetero) is 1. The summed E-state index contributed by atoms with van der Waals surface area (Å²) in [6.07, 6.45) is 0.344. The van der Waals surface area contributed by atoms with Gasteiger partial charge in [0.2, 0.25) is 0 Å². The van der Waals surface area contributed by atoms with Crippen LogP contribution >= 0.6 is 11.3 Å². The molecule has 0 spiro atoms. The highest BCUT2D eigenvalue weighted by atomic mass is 32.1. The predicted octanol–water partition coefficient (Wildman–Crippen LogP) is 4.65. The van der Waals surface area contributed by atoms with Crippen LogP contribution in [-0.2, 0) is 16.8 Å². The van der Waals surface area contributed by atoms with Gasteiger partial charge < -0.3 is 10.0 Å². The summed E-state index contributed by atoms with van der Waals surface area (Å²) in [5.74, 6) is -0.706. The Bertz CT molecular complexity index is 1340. The van der Waals surface area contributed by atoms with E-state index in [2.05, 4.69) is 4.98 Å². The molecule has 0 radical (unpaired) electrons. The number of nitrogens with zero attached hydrogens (tertiary/aromatic N) is 2. The highest BCUT2D eigenvalue weighted by molar-refractivity contribution is 7.09. The van der Waals surface area contributed by atoms with E-state index >= 15 is 0 Å². The first-order chi connectivity index (χ1) is 15.5. The van der Waals surface area contributed by atoms with Crippen molar-refractivity contribution in [3.8, 4) is 0 Å². The Kier molecular flexibility index (Phi) is 5.12. The molecule has 3 aromatic carbocycles. The summed E-state index contributed by atoms with van der Waals surface area (Å²) in [5, 5.41) is 13.3. The van der Waals surface area contributed by atoms with Crippen molar-refractivity contribution in [1.82, 2.24) is 4.98 Å². The normalized spacial score (nSPS) is 17.7. The van der Waals surface area contributed by atoms with Crippen molar-refractivity contribution >= 4 is 39.5 Å². The van der Waals surface area contributed by atoms with Gasteiger partial charge in [-0.3, -0.25) is 9.59 Å². The molecular formula is C26H22N2O3S. The van der Waals surface area contributed by atoms with Crippen LogP contribution in [0.5, 0.6) is 0 Å². The number of hydrogen-bond acceptors (Lipinski definition) is 5. The molecule has 1 N–H and O–H groups in total. The average molecular weight is 443 g/mol. The zero-order valence-electron chi connectivity index (χ0n) is 17.6. The van der Waals surface area contributed by atoms with Crippen LogP contribution in [0, 0.1) is 6.92 Å². The molecule has 5 rings (SSSR count). The summed E-state index contributed by atoms with van der Waals surface area (Å²) in [6.45, 7) is 2.37. The summed E-state index contributed by atoms with van der Waals surface area (Å²) in [4.78, 5) is 33.8. The number of aryl methyl sites for hydroxylation is 1. The average Bonchev–Trinajstić information content (AvgIpc) is 3.31. The van der Waals surface area contributed by atoms with Gasteiger partial charge in [-0.2, -0.15) is 0 Å². The third-order valence-electron chi connectivity index (χ3n) is 6.15. The Morgan fingerprint density at radius 3 is 2.62 bits per heavy atom. The van der Waals surface area contributed by atoms with E-state index in [0.717, 1.165) is 21.3 Å². The SMILES string of the molecule is Cc1ncsc1CCN1C(=O)[C@](O)(CC(=O)c2cccc3ccccc23)c2ccccc21. The number of ketones is 1. The van der Waals surface area contributed by atoms with Crippen LogP contribution < -0.4 is 4.90 Å². The Morgan fingerprint density at radius 1 is 1.06 bits per heavy atom. The molecule has 6 heteroatoms. The summed E-state index contributed by atoms with van der Waals surface area (Å²) >= 11 is 1.56. The van der Waals surface area contributed by atoms with Crippen molar-refractivity contribution in [1.29, 1.82) is 0 Å². The van der Waals surface area contributed by atoms with Crippen molar-refractivity contribution in [2.75, 3.05) is 11.4 Å². The van der Waals surface area contributed by atoms with E-state index in [4.69, 9.17) is 0 Å². The molecule has 5 nitrogen and oxygen atoms in total. The Labute approximate surface area is 190 Å². The number of thiazole rings is 1. The highest BCUT2D eigenvalue weighted by Gasteiger charge is 2.50. The molecule has 1 atom stereocenters. The molecule has 1 aliphatic rings. The first-order valence-electron chi connectivity index (χ1n) is 10.5. The second kappa shape index (κ2) is 7.97. The molecule has 4 aromatic rings. The lowest BCUT2D eigenvalue weighted by Crippen LogP contribution is -2.42. The van der Waals surface area contributed by atoms with E-state index in [-0.39, 0.29) is 12.2 Å². The number of carbonyl (C=O) groups is 2. The number of rotatable bonds is 6. The summed E-state index contributed by atoms with van der Waals surface area (Å²) in [6, 6.07) is 20.4. The minimum Gasteiger partial charge on any atom is -0.375 e. The third-order valence-corrected chi connectivity index (χ3v) is 7.15. The molecule has 0 fully saturated rings. The lowest BCUT2D eigenvalue weighted by atomic mass is 9.87. The van der Waals surface area contributed by atoms with Crippen molar-refractivity contribution < 1.29 is 14.7 Å². The fourth-order valence-electron chi connectivity index (χ4n) is 4.48. The maximum Gasteiger partial charge on any atom is 0.264 e. The molecule has 32 heavy (non-hydrogen) atoms. The molecular weight excluding hydrogens is 420 g/mol. The number of para-hydroxylation sites is 1. The molecule has 160 valence electrons. The Hall–Kier alpha value is -3.35. The van der Waals surface area contributed by atoms with Crippen LogP contribution in [0.1, 0.15) is 32.9 Å². The van der Waals surface area contributed by atoms with Gasteiger partial charge in [-0.1, -0.05) is 60.7 Å². The van der Waals surface area contributed by atoms with Crippen LogP contribution in [0.4, 0.5) is 5.69 Å². The lowest BCUT2D eigenvalue weighted by Gasteiger charge is -2.23. The minimum atomic E-state index is -1.88.